The Hall–Kier alpha value is -4.76. The Morgan fingerprint density at radius 2 is 1.59 bits per heavy atom. The van der Waals surface area contributed by atoms with Crippen LogP contribution in [-0.4, -0.2) is 20.3 Å². The molecule has 0 atom stereocenters. The maximum Gasteiger partial charge on any atom is 0.258 e. The van der Waals surface area contributed by atoms with Gasteiger partial charge in [0.15, 0.2) is 17.4 Å². The molecule has 0 aliphatic rings. The predicted molar refractivity (Wildman–Crippen MR) is 151 cm³/mol. The summed E-state index contributed by atoms with van der Waals surface area (Å²) < 4.78 is 16.8. The van der Waals surface area contributed by atoms with Gasteiger partial charge in [-0.1, -0.05) is 28.5 Å². The second-order valence-corrected chi connectivity index (χ2v) is 10.0. The third-order valence-electron chi connectivity index (χ3n) is 6.43. The smallest absolute Gasteiger partial charge is 0.258 e. The van der Waals surface area contributed by atoms with Crippen molar-refractivity contribution in [3.63, 3.8) is 0 Å². The molecule has 194 valence electrons. The summed E-state index contributed by atoms with van der Waals surface area (Å²) >= 11 is 1.50. The summed E-state index contributed by atoms with van der Waals surface area (Å²) in [5.74, 6) is 3.02. The van der Waals surface area contributed by atoms with Crippen molar-refractivity contribution in [2.45, 2.75) is 27.4 Å². The average molecular weight is 536 g/mol. The molecule has 0 aliphatic heterocycles. The van der Waals surface area contributed by atoms with Gasteiger partial charge >= 0.3 is 0 Å². The highest BCUT2D eigenvalue weighted by atomic mass is 32.1. The van der Waals surface area contributed by atoms with E-state index in [0.717, 1.165) is 33.3 Å². The highest BCUT2D eigenvalue weighted by Crippen LogP contribution is 2.32. The number of hydrogen-bond acceptors (Lipinski definition) is 9. The summed E-state index contributed by atoms with van der Waals surface area (Å²) in [4.78, 5) is 9.08. The van der Waals surface area contributed by atoms with Crippen molar-refractivity contribution in [1.29, 1.82) is 0 Å². The molecule has 6 aromatic rings. The van der Waals surface area contributed by atoms with Crippen LogP contribution < -0.4 is 10.1 Å². The van der Waals surface area contributed by atoms with Gasteiger partial charge in [-0.15, -0.1) is 11.3 Å². The highest BCUT2D eigenvalue weighted by Gasteiger charge is 2.14. The topological polar surface area (TPSA) is 99.1 Å². The Morgan fingerprint density at radius 3 is 2.36 bits per heavy atom. The van der Waals surface area contributed by atoms with Gasteiger partial charge in [-0.05, 0) is 86.0 Å². The Labute approximate surface area is 229 Å². The molecule has 0 aliphatic carbocycles. The minimum atomic E-state index is 0.200. The van der Waals surface area contributed by atoms with E-state index < -0.39 is 0 Å². The quantitative estimate of drug-likeness (QED) is 0.211. The molecular formula is C30H25N5O3S. The van der Waals surface area contributed by atoms with E-state index in [0.29, 0.717) is 23.2 Å². The van der Waals surface area contributed by atoms with E-state index in [1.54, 1.807) is 0 Å². The number of anilines is 2. The molecule has 3 aromatic heterocycles. The molecule has 6 rings (SSSR count). The molecule has 0 unspecified atom stereocenters. The lowest BCUT2D eigenvalue weighted by atomic mass is 10.0. The van der Waals surface area contributed by atoms with Gasteiger partial charge in [-0.2, -0.15) is 4.98 Å². The average Bonchev–Trinajstić information content (AvgIpc) is 3.73. The predicted octanol–water partition coefficient (Wildman–Crippen LogP) is 7.76. The SMILES string of the molecule is Cc1cc(Nc2csc(-c3cc(-c4ccc(OCc5noc(-c6ccccc6)n5)cc4)no3)n2)cc(C)c1C. The Bertz CT molecular complexity index is 1700. The third-order valence-corrected chi connectivity index (χ3v) is 7.29. The molecule has 3 aromatic carbocycles. The Balaban J connectivity index is 1.09. The van der Waals surface area contributed by atoms with Crippen molar-refractivity contribution in [3.8, 4) is 39.2 Å². The fourth-order valence-electron chi connectivity index (χ4n) is 4.09. The Morgan fingerprint density at radius 1 is 0.821 bits per heavy atom. The number of nitrogens with zero attached hydrogens (tertiary/aromatic N) is 4. The van der Waals surface area contributed by atoms with Crippen LogP contribution in [0.4, 0.5) is 11.5 Å². The molecule has 0 saturated carbocycles. The summed E-state index contributed by atoms with van der Waals surface area (Å²) in [7, 11) is 0. The first-order valence-electron chi connectivity index (χ1n) is 12.4. The summed E-state index contributed by atoms with van der Waals surface area (Å²) in [6, 6.07) is 23.4. The number of rotatable bonds is 8. The maximum atomic E-state index is 5.84. The van der Waals surface area contributed by atoms with E-state index in [9.17, 15) is 0 Å². The lowest BCUT2D eigenvalue weighted by Crippen LogP contribution is -1.97. The lowest BCUT2D eigenvalue weighted by molar-refractivity contribution is 0.287. The monoisotopic (exact) mass is 535 g/mol. The van der Waals surface area contributed by atoms with Crippen molar-refractivity contribution in [1.82, 2.24) is 20.3 Å². The normalized spacial score (nSPS) is 11.1. The first kappa shape index (κ1) is 24.6. The van der Waals surface area contributed by atoms with Crippen molar-refractivity contribution in [3.05, 3.63) is 101 Å². The van der Waals surface area contributed by atoms with Gasteiger partial charge in [0.2, 0.25) is 5.82 Å². The van der Waals surface area contributed by atoms with Crippen LogP contribution in [0.3, 0.4) is 0 Å². The zero-order chi connectivity index (χ0) is 26.8. The summed E-state index contributed by atoms with van der Waals surface area (Å²) in [5.41, 5.74) is 7.31. The first-order chi connectivity index (χ1) is 19.0. The molecule has 8 nitrogen and oxygen atoms in total. The number of hydrogen-bond donors (Lipinski definition) is 1. The molecule has 9 heteroatoms. The second kappa shape index (κ2) is 10.5. The van der Waals surface area contributed by atoms with Gasteiger partial charge in [0, 0.05) is 28.3 Å². The van der Waals surface area contributed by atoms with Crippen LogP contribution in [0.15, 0.2) is 87.2 Å². The fraction of sp³-hybridized carbons (Fsp3) is 0.133. The van der Waals surface area contributed by atoms with Crippen molar-refractivity contribution < 1.29 is 13.8 Å². The summed E-state index contributed by atoms with van der Waals surface area (Å²) in [5, 5.41) is 14.4. The van der Waals surface area contributed by atoms with Gasteiger partial charge in [0.05, 0.1) is 0 Å². The van der Waals surface area contributed by atoms with E-state index in [-0.39, 0.29) is 6.61 Å². The molecule has 1 N–H and O–H groups in total. The van der Waals surface area contributed by atoms with Crippen molar-refractivity contribution >= 4 is 22.8 Å². The van der Waals surface area contributed by atoms with E-state index in [1.807, 2.05) is 66.0 Å². The van der Waals surface area contributed by atoms with Crippen molar-refractivity contribution in [2.24, 2.45) is 0 Å². The van der Waals surface area contributed by atoms with Crippen LogP contribution in [0, 0.1) is 20.8 Å². The maximum absolute atomic E-state index is 5.84. The number of thiazole rings is 1. The second-order valence-electron chi connectivity index (χ2n) is 9.17. The number of benzene rings is 3. The van der Waals surface area contributed by atoms with Gasteiger partial charge in [-0.25, -0.2) is 4.98 Å². The number of aryl methyl sites for hydroxylation is 2. The number of aromatic nitrogens is 4. The largest absolute Gasteiger partial charge is 0.485 e. The summed E-state index contributed by atoms with van der Waals surface area (Å²) in [6.45, 7) is 6.57. The van der Waals surface area contributed by atoms with E-state index in [4.69, 9.17) is 13.8 Å². The number of ether oxygens (including phenoxy) is 1. The van der Waals surface area contributed by atoms with Crippen LogP contribution in [-0.2, 0) is 6.61 Å². The van der Waals surface area contributed by atoms with Gasteiger partial charge in [-0.3, -0.25) is 0 Å². The van der Waals surface area contributed by atoms with Gasteiger partial charge in [0.25, 0.3) is 5.89 Å². The van der Waals surface area contributed by atoms with Crippen molar-refractivity contribution in [2.75, 3.05) is 5.32 Å². The minimum absolute atomic E-state index is 0.200. The standard InChI is InChI=1S/C30H25N5O3S/c1-18-13-23(14-19(2)20(18)3)31-28-17-39-30(33-28)26-15-25(34-37-26)21-9-11-24(12-10-21)36-16-27-32-29(38-35-27)22-7-5-4-6-8-22/h4-15,17,31H,16H2,1-3H3. The molecule has 0 saturated heterocycles. The molecule has 0 spiro atoms. The molecule has 39 heavy (non-hydrogen) atoms. The van der Waals surface area contributed by atoms with Gasteiger partial charge in [0.1, 0.15) is 17.3 Å². The molecule has 0 radical (unpaired) electrons. The van der Waals surface area contributed by atoms with E-state index in [2.05, 4.69) is 58.5 Å². The molecule has 0 bridgehead atoms. The van der Waals surface area contributed by atoms with E-state index in [1.165, 1.54) is 28.0 Å². The van der Waals surface area contributed by atoms with Crippen LogP contribution in [0.2, 0.25) is 0 Å². The fourth-order valence-corrected chi connectivity index (χ4v) is 4.79. The molecular weight excluding hydrogens is 510 g/mol. The summed E-state index contributed by atoms with van der Waals surface area (Å²) in [6.07, 6.45) is 0. The molecule has 3 heterocycles. The zero-order valence-electron chi connectivity index (χ0n) is 21.6. The van der Waals surface area contributed by atoms with Gasteiger partial charge < -0.3 is 19.1 Å². The minimum Gasteiger partial charge on any atom is -0.485 e. The Kier molecular flexibility index (Phi) is 6.64. The van der Waals surface area contributed by atoms with Crippen LogP contribution in [0.5, 0.6) is 5.75 Å². The first-order valence-corrected chi connectivity index (χ1v) is 13.3. The van der Waals surface area contributed by atoms with E-state index >= 15 is 0 Å². The van der Waals surface area contributed by atoms with Crippen LogP contribution >= 0.6 is 11.3 Å². The third kappa shape index (κ3) is 5.44. The molecule has 0 amide bonds. The highest BCUT2D eigenvalue weighted by molar-refractivity contribution is 7.13. The van der Waals surface area contributed by atoms with Crippen LogP contribution in [0.1, 0.15) is 22.5 Å². The lowest BCUT2D eigenvalue weighted by Gasteiger charge is -2.09. The number of nitrogens with one attached hydrogen (secondary N) is 1. The van der Waals surface area contributed by atoms with Crippen LogP contribution in [0.25, 0.3) is 33.5 Å². The molecule has 0 fully saturated rings. The zero-order valence-corrected chi connectivity index (χ0v) is 22.5.